The van der Waals surface area contributed by atoms with Gasteiger partial charge in [-0.2, -0.15) is 5.10 Å². The van der Waals surface area contributed by atoms with Crippen LogP contribution in [0.3, 0.4) is 0 Å². The van der Waals surface area contributed by atoms with Crippen molar-refractivity contribution in [1.82, 2.24) is 5.43 Å². The van der Waals surface area contributed by atoms with Gasteiger partial charge in [-0.1, -0.05) is 0 Å². The molecule has 7 heteroatoms. The van der Waals surface area contributed by atoms with Gasteiger partial charge < -0.3 is 14.5 Å². The van der Waals surface area contributed by atoms with E-state index < -0.39 is 11.8 Å². The second-order valence-corrected chi connectivity index (χ2v) is 4.13. The Morgan fingerprint density at radius 1 is 1.23 bits per heavy atom. The summed E-state index contributed by atoms with van der Waals surface area (Å²) in [7, 11) is 0. The van der Waals surface area contributed by atoms with Gasteiger partial charge in [0.1, 0.15) is 11.5 Å². The van der Waals surface area contributed by atoms with Crippen LogP contribution in [0.25, 0.3) is 0 Å². The third kappa shape index (κ3) is 4.48. The average molecular weight is 301 g/mol. The third-order valence-corrected chi connectivity index (χ3v) is 2.53. The number of amides is 2. The molecule has 2 rings (SSSR count). The number of nitrogens with one attached hydrogen (secondary N) is 2. The molecule has 0 aliphatic rings. The Morgan fingerprint density at radius 3 is 2.64 bits per heavy atom. The van der Waals surface area contributed by atoms with Crippen molar-refractivity contribution in [3.63, 3.8) is 0 Å². The number of nitrogens with zero attached hydrogens (tertiary/aromatic N) is 1. The Kier molecular flexibility index (Phi) is 5.31. The minimum atomic E-state index is -0.878. The van der Waals surface area contributed by atoms with E-state index in [2.05, 4.69) is 15.8 Å². The molecular weight excluding hydrogens is 286 g/mol. The highest BCUT2D eigenvalue weighted by atomic mass is 16.5. The standard InChI is InChI=1S/C15H15N3O4/c1-2-21-12-7-5-11(6-8-12)17-14(19)15(20)18-16-10-13-4-3-9-22-13/h3-10H,2H2,1H3,(H,17,19)(H,18,20)/b16-10+. The zero-order valence-electron chi connectivity index (χ0n) is 11.9. The van der Waals surface area contributed by atoms with Crippen molar-refractivity contribution in [3.8, 4) is 5.75 Å². The lowest BCUT2D eigenvalue weighted by Gasteiger charge is -2.06. The first-order valence-corrected chi connectivity index (χ1v) is 6.60. The van der Waals surface area contributed by atoms with Crippen molar-refractivity contribution < 1.29 is 18.7 Å². The molecule has 22 heavy (non-hydrogen) atoms. The van der Waals surface area contributed by atoms with Crippen LogP contribution in [0.1, 0.15) is 12.7 Å². The van der Waals surface area contributed by atoms with Crippen LogP contribution in [0.15, 0.2) is 52.2 Å². The van der Waals surface area contributed by atoms with Crippen LogP contribution in [0.4, 0.5) is 5.69 Å². The molecule has 0 atom stereocenters. The fourth-order valence-electron chi connectivity index (χ4n) is 1.56. The number of hydrogen-bond donors (Lipinski definition) is 2. The quantitative estimate of drug-likeness (QED) is 0.500. The number of carbonyl (C=O) groups is 2. The Hall–Kier alpha value is -3.09. The summed E-state index contributed by atoms with van der Waals surface area (Å²) in [6.07, 6.45) is 2.77. The van der Waals surface area contributed by atoms with E-state index >= 15 is 0 Å². The number of anilines is 1. The topological polar surface area (TPSA) is 92.9 Å². The van der Waals surface area contributed by atoms with Gasteiger partial charge in [0.05, 0.1) is 19.1 Å². The first-order chi connectivity index (χ1) is 10.7. The van der Waals surface area contributed by atoms with E-state index in [9.17, 15) is 9.59 Å². The number of benzene rings is 1. The molecule has 2 N–H and O–H groups in total. The fraction of sp³-hybridized carbons (Fsp3) is 0.133. The van der Waals surface area contributed by atoms with Crippen LogP contribution in [-0.2, 0) is 9.59 Å². The molecule has 0 bridgehead atoms. The molecule has 0 fully saturated rings. The molecule has 7 nitrogen and oxygen atoms in total. The summed E-state index contributed by atoms with van der Waals surface area (Å²) in [5.74, 6) is -0.544. The highest BCUT2D eigenvalue weighted by Crippen LogP contribution is 2.15. The molecule has 0 spiro atoms. The number of carbonyl (C=O) groups excluding carboxylic acids is 2. The van der Waals surface area contributed by atoms with Gasteiger partial charge in [0, 0.05) is 5.69 Å². The zero-order valence-corrected chi connectivity index (χ0v) is 11.9. The highest BCUT2D eigenvalue weighted by Gasteiger charge is 2.12. The molecule has 1 aromatic heterocycles. The Balaban J connectivity index is 1.84. The van der Waals surface area contributed by atoms with Crippen LogP contribution >= 0.6 is 0 Å². The van der Waals surface area contributed by atoms with Crippen molar-refractivity contribution in [2.24, 2.45) is 5.10 Å². The summed E-state index contributed by atoms with van der Waals surface area (Å²) in [5.41, 5.74) is 2.59. The number of hydrazone groups is 1. The highest BCUT2D eigenvalue weighted by molar-refractivity contribution is 6.39. The molecule has 1 aromatic carbocycles. The molecule has 2 amide bonds. The minimum absolute atomic E-state index is 0.465. The molecule has 0 saturated heterocycles. The number of furan rings is 1. The van der Waals surface area contributed by atoms with Crippen LogP contribution in [0.2, 0.25) is 0 Å². The maximum Gasteiger partial charge on any atom is 0.329 e. The van der Waals surface area contributed by atoms with Gasteiger partial charge in [0.25, 0.3) is 0 Å². The van der Waals surface area contributed by atoms with Crippen LogP contribution in [0, 0.1) is 0 Å². The van der Waals surface area contributed by atoms with Crippen molar-refractivity contribution in [2.75, 3.05) is 11.9 Å². The summed E-state index contributed by atoms with van der Waals surface area (Å²) < 4.78 is 10.3. The summed E-state index contributed by atoms with van der Waals surface area (Å²) in [6.45, 7) is 2.44. The van der Waals surface area contributed by atoms with Gasteiger partial charge in [0.2, 0.25) is 0 Å². The third-order valence-electron chi connectivity index (χ3n) is 2.53. The van der Waals surface area contributed by atoms with Crippen molar-refractivity contribution in [2.45, 2.75) is 6.92 Å². The summed E-state index contributed by atoms with van der Waals surface area (Å²) in [4.78, 5) is 23.2. The zero-order chi connectivity index (χ0) is 15.8. The molecule has 2 aromatic rings. The second kappa shape index (κ2) is 7.63. The van der Waals surface area contributed by atoms with E-state index in [4.69, 9.17) is 9.15 Å². The minimum Gasteiger partial charge on any atom is -0.494 e. The van der Waals surface area contributed by atoms with Gasteiger partial charge in [-0.05, 0) is 43.3 Å². The van der Waals surface area contributed by atoms with Gasteiger partial charge in [-0.25, -0.2) is 5.43 Å². The van der Waals surface area contributed by atoms with Gasteiger partial charge in [-0.15, -0.1) is 0 Å². The van der Waals surface area contributed by atoms with Gasteiger partial charge in [-0.3, -0.25) is 9.59 Å². The predicted octanol–water partition coefficient (Wildman–Crippen LogP) is 1.77. The Labute approximate surface area is 127 Å². The number of hydrogen-bond acceptors (Lipinski definition) is 5. The van der Waals surface area contributed by atoms with E-state index in [1.807, 2.05) is 6.92 Å². The van der Waals surface area contributed by atoms with Crippen LogP contribution < -0.4 is 15.5 Å². The smallest absolute Gasteiger partial charge is 0.329 e. The van der Waals surface area contributed by atoms with E-state index in [-0.39, 0.29) is 0 Å². The van der Waals surface area contributed by atoms with E-state index in [1.165, 1.54) is 12.5 Å². The molecule has 0 saturated carbocycles. The SMILES string of the molecule is CCOc1ccc(NC(=O)C(=O)N/N=C/c2ccco2)cc1. The lowest BCUT2D eigenvalue weighted by molar-refractivity contribution is -0.136. The first-order valence-electron chi connectivity index (χ1n) is 6.60. The number of rotatable bonds is 5. The maximum absolute atomic E-state index is 11.7. The largest absolute Gasteiger partial charge is 0.494 e. The van der Waals surface area contributed by atoms with Crippen molar-refractivity contribution in [3.05, 3.63) is 48.4 Å². The maximum atomic E-state index is 11.7. The van der Waals surface area contributed by atoms with Crippen molar-refractivity contribution >= 4 is 23.7 Å². The van der Waals surface area contributed by atoms with Gasteiger partial charge >= 0.3 is 11.8 Å². The molecule has 114 valence electrons. The summed E-state index contributed by atoms with van der Waals surface area (Å²) in [6, 6.07) is 10.0. The summed E-state index contributed by atoms with van der Waals surface area (Å²) in [5, 5.41) is 6.07. The van der Waals surface area contributed by atoms with Crippen LogP contribution in [-0.4, -0.2) is 24.6 Å². The van der Waals surface area contributed by atoms with E-state index in [0.29, 0.717) is 23.8 Å². The molecule has 0 aliphatic heterocycles. The number of ether oxygens (including phenoxy) is 1. The lowest BCUT2D eigenvalue weighted by atomic mass is 10.3. The molecule has 0 radical (unpaired) electrons. The first kappa shape index (κ1) is 15.3. The van der Waals surface area contributed by atoms with Crippen LogP contribution in [0.5, 0.6) is 5.75 Å². The molecule has 0 aliphatic carbocycles. The molecular formula is C15H15N3O4. The van der Waals surface area contributed by atoms with Gasteiger partial charge in [0.15, 0.2) is 0 Å². The van der Waals surface area contributed by atoms with E-state index in [0.717, 1.165) is 0 Å². The molecule has 1 heterocycles. The van der Waals surface area contributed by atoms with E-state index in [1.54, 1.807) is 36.4 Å². The average Bonchev–Trinajstić information content (AvgIpc) is 3.02. The Morgan fingerprint density at radius 2 is 2.00 bits per heavy atom. The monoisotopic (exact) mass is 301 g/mol. The lowest BCUT2D eigenvalue weighted by Crippen LogP contribution is -2.32. The summed E-state index contributed by atoms with van der Waals surface area (Å²) >= 11 is 0. The van der Waals surface area contributed by atoms with Crippen molar-refractivity contribution in [1.29, 1.82) is 0 Å². The molecule has 0 unspecified atom stereocenters. The fourth-order valence-corrected chi connectivity index (χ4v) is 1.56. The Bertz CT molecular complexity index is 648. The second-order valence-electron chi connectivity index (χ2n) is 4.13. The normalized spacial score (nSPS) is 10.4. The predicted molar refractivity (Wildman–Crippen MR) is 80.7 cm³/mol.